The van der Waals surface area contributed by atoms with Crippen LogP contribution in [-0.4, -0.2) is 65.5 Å². The van der Waals surface area contributed by atoms with Gasteiger partial charge in [-0.15, -0.1) is 11.8 Å². The summed E-state index contributed by atoms with van der Waals surface area (Å²) in [6.45, 7) is 4.65. The van der Waals surface area contributed by atoms with E-state index in [0.29, 0.717) is 0 Å². The van der Waals surface area contributed by atoms with Crippen LogP contribution in [-0.2, 0) is 0 Å². The number of unbranched alkanes of at least 4 members (excludes halogenated alkanes) is 2. The van der Waals surface area contributed by atoms with Gasteiger partial charge in [-0.05, 0) is 43.7 Å². The molecule has 1 saturated heterocycles. The molecule has 0 N–H and O–H groups in total. The Labute approximate surface area is 169 Å². The molecule has 3 rings (SSSR count). The Kier molecular flexibility index (Phi) is 8.00. The lowest BCUT2D eigenvalue weighted by Gasteiger charge is -2.39. The van der Waals surface area contributed by atoms with Crippen LogP contribution in [0.4, 0.5) is 13.2 Å². The van der Waals surface area contributed by atoms with Gasteiger partial charge < -0.3 is 4.90 Å². The minimum atomic E-state index is -4.21. The van der Waals surface area contributed by atoms with E-state index in [-0.39, 0.29) is 12.5 Å². The molecule has 1 aliphatic heterocycles. The van der Waals surface area contributed by atoms with E-state index >= 15 is 0 Å². The number of nitrogens with zero attached hydrogens (tertiary/aromatic N) is 3. The van der Waals surface area contributed by atoms with Crippen molar-refractivity contribution in [2.45, 2.75) is 42.9 Å². The number of halogens is 3. The van der Waals surface area contributed by atoms with Crippen molar-refractivity contribution in [3.63, 3.8) is 0 Å². The summed E-state index contributed by atoms with van der Waals surface area (Å²) in [5.74, 6) is 1.09. The first-order valence-electron chi connectivity index (χ1n) is 9.97. The number of aromatic nitrogens is 1. The van der Waals surface area contributed by atoms with Crippen molar-refractivity contribution < 1.29 is 13.2 Å². The van der Waals surface area contributed by atoms with Crippen LogP contribution >= 0.6 is 11.8 Å². The van der Waals surface area contributed by atoms with Gasteiger partial charge in [0.1, 0.15) is 0 Å². The van der Waals surface area contributed by atoms with Gasteiger partial charge in [-0.25, -0.2) is 4.98 Å². The van der Waals surface area contributed by atoms with Crippen LogP contribution in [0.5, 0.6) is 0 Å². The third-order valence-electron chi connectivity index (χ3n) is 5.31. The van der Waals surface area contributed by atoms with Crippen molar-refractivity contribution in [3.8, 4) is 0 Å². The molecule has 0 aromatic carbocycles. The number of hydrogen-bond acceptors (Lipinski definition) is 4. The molecule has 1 unspecified atom stereocenters. The molecule has 2 heterocycles. The molecule has 0 saturated carbocycles. The zero-order valence-electron chi connectivity index (χ0n) is 16.1. The molecule has 1 fully saturated rings. The summed E-state index contributed by atoms with van der Waals surface area (Å²) < 4.78 is 38.8. The van der Waals surface area contributed by atoms with Crippen LogP contribution in [0.15, 0.2) is 53.2 Å². The molecule has 0 spiro atoms. The highest BCUT2D eigenvalue weighted by molar-refractivity contribution is 7.99. The number of rotatable bonds is 8. The van der Waals surface area contributed by atoms with Crippen molar-refractivity contribution in [2.24, 2.45) is 0 Å². The Morgan fingerprint density at radius 1 is 1.07 bits per heavy atom. The predicted octanol–water partition coefficient (Wildman–Crippen LogP) is 4.78. The van der Waals surface area contributed by atoms with Gasteiger partial charge in [-0.1, -0.05) is 30.7 Å². The summed E-state index contributed by atoms with van der Waals surface area (Å²) in [7, 11) is 0. The second-order valence-electron chi connectivity index (χ2n) is 7.30. The van der Waals surface area contributed by atoms with E-state index in [9.17, 15) is 13.2 Å². The highest BCUT2D eigenvalue weighted by atomic mass is 32.2. The highest BCUT2D eigenvalue weighted by Crippen LogP contribution is 2.32. The molecule has 1 atom stereocenters. The SMILES string of the molecule is FC(F)(F)C1=CC=CC(N2CCN(CCCCCSc3ccccn3)CC2)C1. The standard InChI is InChI=1S/C21H28F3N3S/c22-21(23,24)18-7-6-8-19(17-18)27-14-12-26(13-15-27)11-4-1-5-16-28-20-9-2-3-10-25-20/h2-3,6-10,19H,1,4-5,11-17H2. The summed E-state index contributed by atoms with van der Waals surface area (Å²) in [5, 5.41) is 1.08. The van der Waals surface area contributed by atoms with Gasteiger partial charge in [0, 0.05) is 44.0 Å². The van der Waals surface area contributed by atoms with Crippen LogP contribution in [0.25, 0.3) is 0 Å². The van der Waals surface area contributed by atoms with Gasteiger partial charge in [0.15, 0.2) is 0 Å². The Morgan fingerprint density at radius 2 is 1.89 bits per heavy atom. The van der Waals surface area contributed by atoms with E-state index in [1.807, 2.05) is 30.5 Å². The number of allylic oxidation sites excluding steroid dienone is 2. The first-order chi connectivity index (χ1) is 13.5. The zero-order valence-corrected chi connectivity index (χ0v) is 16.9. The Morgan fingerprint density at radius 3 is 2.61 bits per heavy atom. The van der Waals surface area contributed by atoms with Gasteiger partial charge >= 0.3 is 6.18 Å². The molecule has 1 aromatic rings. The van der Waals surface area contributed by atoms with E-state index in [4.69, 9.17) is 0 Å². The van der Waals surface area contributed by atoms with Crippen molar-refractivity contribution >= 4 is 11.8 Å². The van der Waals surface area contributed by atoms with Crippen molar-refractivity contribution in [2.75, 3.05) is 38.5 Å². The van der Waals surface area contributed by atoms with Crippen LogP contribution in [0.2, 0.25) is 0 Å². The largest absolute Gasteiger partial charge is 0.412 e. The van der Waals surface area contributed by atoms with E-state index in [2.05, 4.69) is 14.8 Å². The number of pyridine rings is 1. The third-order valence-corrected chi connectivity index (χ3v) is 6.34. The smallest absolute Gasteiger partial charge is 0.301 e. The molecule has 2 aliphatic rings. The van der Waals surface area contributed by atoms with Gasteiger partial charge in [0.2, 0.25) is 0 Å². The van der Waals surface area contributed by atoms with E-state index in [1.165, 1.54) is 25.3 Å². The molecule has 0 amide bonds. The minimum absolute atomic E-state index is 0.0773. The van der Waals surface area contributed by atoms with Gasteiger partial charge in [0.05, 0.1) is 5.03 Å². The third kappa shape index (κ3) is 6.64. The predicted molar refractivity (Wildman–Crippen MR) is 109 cm³/mol. The fourth-order valence-electron chi connectivity index (χ4n) is 3.66. The average Bonchev–Trinajstić information content (AvgIpc) is 2.71. The van der Waals surface area contributed by atoms with Crippen molar-refractivity contribution in [1.29, 1.82) is 0 Å². The Hall–Kier alpha value is -1.31. The van der Waals surface area contributed by atoms with E-state index in [0.717, 1.165) is 43.5 Å². The number of thioether (sulfide) groups is 1. The minimum Gasteiger partial charge on any atom is -0.301 e. The average molecular weight is 412 g/mol. The van der Waals surface area contributed by atoms with Gasteiger partial charge in [-0.3, -0.25) is 4.90 Å². The van der Waals surface area contributed by atoms with Crippen molar-refractivity contribution in [1.82, 2.24) is 14.8 Å². The number of piperazine rings is 1. The zero-order chi connectivity index (χ0) is 19.8. The fourth-order valence-corrected chi connectivity index (χ4v) is 4.53. The maximum atomic E-state index is 12.9. The summed E-state index contributed by atoms with van der Waals surface area (Å²) in [6, 6.07) is 5.87. The summed E-state index contributed by atoms with van der Waals surface area (Å²) in [6.07, 6.45) is 5.92. The first-order valence-corrected chi connectivity index (χ1v) is 11.0. The normalized spacial score (nSPS) is 21.7. The molecule has 7 heteroatoms. The van der Waals surface area contributed by atoms with Gasteiger partial charge in [-0.2, -0.15) is 13.2 Å². The molecule has 3 nitrogen and oxygen atoms in total. The molecule has 1 aliphatic carbocycles. The van der Waals surface area contributed by atoms with Crippen molar-refractivity contribution in [3.05, 3.63) is 48.2 Å². The van der Waals surface area contributed by atoms with Crippen LogP contribution in [0, 0.1) is 0 Å². The lowest BCUT2D eigenvalue weighted by molar-refractivity contribution is -0.0958. The molecular weight excluding hydrogens is 383 g/mol. The second-order valence-corrected chi connectivity index (χ2v) is 8.42. The summed E-state index contributed by atoms with van der Waals surface area (Å²) in [5.41, 5.74) is -0.411. The van der Waals surface area contributed by atoms with Crippen LogP contribution in [0.3, 0.4) is 0 Å². The quantitative estimate of drug-likeness (QED) is 0.453. The molecule has 1 aromatic heterocycles. The Bertz CT molecular complexity index is 653. The lowest BCUT2D eigenvalue weighted by atomic mass is 9.98. The summed E-state index contributed by atoms with van der Waals surface area (Å²) >= 11 is 1.80. The first kappa shape index (κ1) is 21.4. The maximum absolute atomic E-state index is 12.9. The maximum Gasteiger partial charge on any atom is 0.412 e. The van der Waals surface area contributed by atoms with Crippen LogP contribution < -0.4 is 0 Å². The molecule has 0 bridgehead atoms. The lowest BCUT2D eigenvalue weighted by Crippen LogP contribution is -2.50. The second kappa shape index (κ2) is 10.5. The molecule has 154 valence electrons. The topological polar surface area (TPSA) is 19.4 Å². The van der Waals surface area contributed by atoms with E-state index in [1.54, 1.807) is 17.8 Å². The fraction of sp³-hybridized carbons (Fsp3) is 0.571. The van der Waals surface area contributed by atoms with Gasteiger partial charge in [0.25, 0.3) is 0 Å². The number of hydrogen-bond donors (Lipinski definition) is 0. The molecule has 0 radical (unpaired) electrons. The Balaban J connectivity index is 1.28. The van der Waals surface area contributed by atoms with E-state index < -0.39 is 11.7 Å². The molecular formula is C21H28F3N3S. The summed E-state index contributed by atoms with van der Waals surface area (Å²) in [4.78, 5) is 8.94. The monoisotopic (exact) mass is 411 g/mol. The number of alkyl halides is 3. The van der Waals surface area contributed by atoms with Crippen LogP contribution in [0.1, 0.15) is 25.7 Å². The molecule has 28 heavy (non-hydrogen) atoms. The highest BCUT2D eigenvalue weighted by Gasteiger charge is 2.36.